The van der Waals surface area contributed by atoms with Crippen LogP contribution in [-0.2, 0) is 26.2 Å². The van der Waals surface area contributed by atoms with Gasteiger partial charge in [0.15, 0.2) is 0 Å². The van der Waals surface area contributed by atoms with E-state index in [0.29, 0.717) is 13.1 Å². The number of hydrogen-bond donors (Lipinski definition) is 1. The number of benzene rings is 1. The number of nitrogens with one attached hydrogen (secondary N) is 1. The van der Waals surface area contributed by atoms with E-state index in [1.165, 1.54) is 10.4 Å². The van der Waals surface area contributed by atoms with Crippen molar-refractivity contribution in [3.8, 4) is 0 Å². The molecule has 0 saturated carbocycles. The number of nitrogens with zero attached hydrogens (tertiary/aromatic N) is 1. The van der Waals surface area contributed by atoms with Gasteiger partial charge in [0.25, 0.3) is 5.91 Å². The zero-order valence-electron chi connectivity index (χ0n) is 14.6. The van der Waals surface area contributed by atoms with Crippen LogP contribution in [0.5, 0.6) is 0 Å². The maximum atomic E-state index is 12.7. The van der Waals surface area contributed by atoms with E-state index in [1.54, 1.807) is 5.38 Å². The van der Waals surface area contributed by atoms with E-state index in [0.717, 1.165) is 29.7 Å². The van der Waals surface area contributed by atoms with Crippen LogP contribution in [0.1, 0.15) is 28.1 Å². The van der Waals surface area contributed by atoms with Crippen molar-refractivity contribution in [2.75, 3.05) is 19.6 Å². The molecule has 1 aromatic heterocycles. The number of carbonyl (C=O) groups excluding carboxylic acids is 2. The monoisotopic (exact) mass is 408 g/mol. The van der Waals surface area contributed by atoms with Crippen LogP contribution >= 0.6 is 11.3 Å². The molecule has 27 heavy (non-hydrogen) atoms. The summed E-state index contributed by atoms with van der Waals surface area (Å²) in [6.45, 7) is 0.714. The van der Waals surface area contributed by atoms with Crippen LogP contribution in [-0.4, -0.2) is 44.2 Å². The van der Waals surface area contributed by atoms with Crippen molar-refractivity contribution < 1.29 is 22.7 Å². The largest absolute Gasteiger partial charge is 0.460 e. The number of amides is 1. The standard InChI is InChI=1S/C18H20N2O5S2/c21-16(25-13-14-6-2-1-3-7-14)12-19-18(22)17-15(8-11-26-17)27(23,24)20-9-4-5-10-20/h1-3,6-8,11H,4-5,9-10,12-13H2,(H,19,22). The van der Waals surface area contributed by atoms with Crippen LogP contribution in [0.3, 0.4) is 0 Å². The maximum absolute atomic E-state index is 12.7. The molecule has 0 spiro atoms. The van der Waals surface area contributed by atoms with Gasteiger partial charge in [-0.2, -0.15) is 4.31 Å². The van der Waals surface area contributed by atoms with Crippen molar-refractivity contribution in [2.24, 2.45) is 0 Å². The van der Waals surface area contributed by atoms with Crippen molar-refractivity contribution in [2.45, 2.75) is 24.3 Å². The second-order valence-corrected chi connectivity index (χ2v) is 8.88. The van der Waals surface area contributed by atoms with Crippen LogP contribution in [0, 0.1) is 0 Å². The molecule has 0 aliphatic carbocycles. The lowest BCUT2D eigenvalue weighted by Gasteiger charge is -2.15. The molecular formula is C18H20N2O5S2. The van der Waals surface area contributed by atoms with Crippen molar-refractivity contribution in [3.63, 3.8) is 0 Å². The average molecular weight is 409 g/mol. The van der Waals surface area contributed by atoms with Crippen LogP contribution in [0.15, 0.2) is 46.7 Å². The number of sulfonamides is 1. The molecular weight excluding hydrogens is 388 g/mol. The molecule has 9 heteroatoms. The van der Waals surface area contributed by atoms with Crippen LogP contribution < -0.4 is 5.32 Å². The van der Waals surface area contributed by atoms with E-state index in [4.69, 9.17) is 4.74 Å². The smallest absolute Gasteiger partial charge is 0.325 e. The third-order valence-electron chi connectivity index (χ3n) is 4.15. The Morgan fingerprint density at radius 2 is 1.81 bits per heavy atom. The SMILES string of the molecule is O=C(CNC(=O)c1sccc1S(=O)(=O)N1CCCC1)OCc1ccccc1. The highest BCUT2D eigenvalue weighted by molar-refractivity contribution is 7.89. The lowest BCUT2D eigenvalue weighted by molar-refractivity contribution is -0.143. The highest BCUT2D eigenvalue weighted by atomic mass is 32.2. The fourth-order valence-electron chi connectivity index (χ4n) is 2.76. The van der Waals surface area contributed by atoms with Gasteiger partial charge in [-0.3, -0.25) is 9.59 Å². The zero-order valence-corrected chi connectivity index (χ0v) is 16.2. The Morgan fingerprint density at radius 3 is 2.52 bits per heavy atom. The van der Waals surface area contributed by atoms with Gasteiger partial charge in [-0.15, -0.1) is 11.3 Å². The number of esters is 1. The topological polar surface area (TPSA) is 92.8 Å². The Hall–Kier alpha value is -2.23. The third kappa shape index (κ3) is 4.74. The summed E-state index contributed by atoms with van der Waals surface area (Å²) < 4.78 is 31.8. The molecule has 1 fully saturated rings. The highest BCUT2D eigenvalue weighted by Gasteiger charge is 2.31. The number of carbonyl (C=O) groups is 2. The first-order valence-electron chi connectivity index (χ1n) is 8.54. The normalized spacial score (nSPS) is 14.8. The molecule has 1 amide bonds. The summed E-state index contributed by atoms with van der Waals surface area (Å²) in [5.74, 6) is -1.19. The summed E-state index contributed by atoms with van der Waals surface area (Å²) in [7, 11) is -3.69. The van der Waals surface area contributed by atoms with E-state index < -0.39 is 21.9 Å². The number of ether oxygens (including phenoxy) is 1. The van der Waals surface area contributed by atoms with Crippen molar-refractivity contribution >= 4 is 33.2 Å². The minimum absolute atomic E-state index is 0.00967. The van der Waals surface area contributed by atoms with Gasteiger partial charge in [-0.25, -0.2) is 8.42 Å². The molecule has 3 rings (SSSR count). The molecule has 1 aromatic carbocycles. The van der Waals surface area contributed by atoms with Crippen LogP contribution in [0.4, 0.5) is 0 Å². The first kappa shape index (κ1) is 19.5. The molecule has 1 aliphatic rings. The lowest BCUT2D eigenvalue weighted by atomic mass is 10.2. The number of thiophene rings is 1. The summed E-state index contributed by atoms with van der Waals surface area (Å²) in [6, 6.07) is 10.6. The Labute approximate surface area is 162 Å². The second kappa shape index (κ2) is 8.64. The second-order valence-electron chi connectivity index (χ2n) is 6.05. The van der Waals surface area contributed by atoms with Crippen molar-refractivity contribution in [3.05, 3.63) is 52.2 Å². The van der Waals surface area contributed by atoms with Crippen LogP contribution in [0.25, 0.3) is 0 Å². The molecule has 1 aliphatic heterocycles. The Morgan fingerprint density at radius 1 is 1.11 bits per heavy atom. The predicted octanol–water partition coefficient (Wildman–Crippen LogP) is 2.01. The summed E-state index contributed by atoms with van der Waals surface area (Å²) in [4.78, 5) is 24.3. The zero-order chi connectivity index (χ0) is 19.3. The maximum Gasteiger partial charge on any atom is 0.325 e. The molecule has 2 heterocycles. The van der Waals surface area contributed by atoms with E-state index in [9.17, 15) is 18.0 Å². The van der Waals surface area contributed by atoms with Gasteiger partial charge in [-0.05, 0) is 29.9 Å². The summed E-state index contributed by atoms with van der Waals surface area (Å²) in [6.07, 6.45) is 1.64. The van der Waals surface area contributed by atoms with Crippen LogP contribution in [0.2, 0.25) is 0 Å². The van der Waals surface area contributed by atoms with Gasteiger partial charge in [-0.1, -0.05) is 30.3 Å². The molecule has 7 nitrogen and oxygen atoms in total. The van der Waals surface area contributed by atoms with Gasteiger partial charge < -0.3 is 10.1 Å². The van der Waals surface area contributed by atoms with Gasteiger partial charge >= 0.3 is 5.97 Å². The summed E-state index contributed by atoms with van der Waals surface area (Å²) >= 11 is 1.04. The van der Waals surface area contributed by atoms with Crippen molar-refractivity contribution in [1.29, 1.82) is 0 Å². The van der Waals surface area contributed by atoms with Gasteiger partial charge in [0.1, 0.15) is 22.9 Å². The van der Waals surface area contributed by atoms with E-state index >= 15 is 0 Å². The first-order chi connectivity index (χ1) is 13.0. The van der Waals surface area contributed by atoms with Gasteiger partial charge in [0.05, 0.1) is 0 Å². The Balaban J connectivity index is 1.57. The fourth-order valence-corrected chi connectivity index (χ4v) is 5.59. The molecule has 1 saturated heterocycles. The average Bonchev–Trinajstić information content (AvgIpc) is 3.37. The lowest BCUT2D eigenvalue weighted by Crippen LogP contribution is -2.33. The van der Waals surface area contributed by atoms with Crippen molar-refractivity contribution in [1.82, 2.24) is 9.62 Å². The number of hydrogen-bond acceptors (Lipinski definition) is 6. The molecule has 1 N–H and O–H groups in total. The molecule has 0 unspecified atom stereocenters. The molecule has 0 atom stereocenters. The fraction of sp³-hybridized carbons (Fsp3) is 0.333. The van der Waals surface area contributed by atoms with Gasteiger partial charge in [0.2, 0.25) is 10.0 Å². The molecule has 0 bridgehead atoms. The van der Waals surface area contributed by atoms with Gasteiger partial charge in [0, 0.05) is 13.1 Å². The minimum atomic E-state index is -3.69. The first-order valence-corrected chi connectivity index (χ1v) is 10.9. The third-order valence-corrected chi connectivity index (χ3v) is 7.14. The number of rotatable bonds is 7. The Kier molecular flexibility index (Phi) is 6.25. The summed E-state index contributed by atoms with van der Waals surface area (Å²) in [5, 5.41) is 4.00. The summed E-state index contributed by atoms with van der Waals surface area (Å²) in [5.41, 5.74) is 0.842. The Bertz CT molecular complexity index is 903. The predicted molar refractivity (Wildman–Crippen MR) is 101 cm³/mol. The molecule has 144 valence electrons. The van der Waals surface area contributed by atoms with E-state index in [2.05, 4.69) is 5.32 Å². The quantitative estimate of drug-likeness (QED) is 0.708. The molecule has 2 aromatic rings. The van der Waals surface area contributed by atoms with E-state index in [1.807, 2.05) is 30.3 Å². The highest BCUT2D eigenvalue weighted by Crippen LogP contribution is 2.27. The van der Waals surface area contributed by atoms with E-state index in [-0.39, 0.29) is 22.9 Å². The molecule has 0 radical (unpaired) electrons. The minimum Gasteiger partial charge on any atom is -0.460 e.